The Bertz CT molecular complexity index is 777. The lowest BCUT2D eigenvalue weighted by Crippen LogP contribution is -2.46. The van der Waals surface area contributed by atoms with Gasteiger partial charge in [-0.25, -0.2) is 4.98 Å². The molecule has 1 unspecified atom stereocenters. The van der Waals surface area contributed by atoms with Crippen LogP contribution in [-0.4, -0.2) is 46.8 Å². The van der Waals surface area contributed by atoms with Gasteiger partial charge in [0, 0.05) is 25.0 Å². The summed E-state index contributed by atoms with van der Waals surface area (Å²) >= 11 is 1.33. The average molecular weight is 374 g/mol. The summed E-state index contributed by atoms with van der Waals surface area (Å²) in [4.78, 5) is 28.5. The Balaban J connectivity index is 1.60. The largest absolute Gasteiger partial charge is 0.497 e. The number of amides is 2. The monoisotopic (exact) mass is 374 g/mol. The molecule has 1 aliphatic rings. The van der Waals surface area contributed by atoms with Gasteiger partial charge in [0.05, 0.1) is 18.6 Å². The molecule has 2 amide bonds. The van der Waals surface area contributed by atoms with Crippen molar-refractivity contribution in [3.8, 4) is 11.4 Å². The number of nitrogens with zero attached hydrogens (tertiary/aromatic N) is 2. The number of nitrogens with one attached hydrogen (secondary N) is 2. The first kappa shape index (κ1) is 18.3. The number of ether oxygens (including phenoxy) is 1. The number of carbonyl (C=O) groups excluding carboxylic acids is 2. The van der Waals surface area contributed by atoms with Gasteiger partial charge in [0.2, 0.25) is 11.8 Å². The van der Waals surface area contributed by atoms with E-state index in [4.69, 9.17) is 4.74 Å². The number of imidazole rings is 1. The van der Waals surface area contributed by atoms with E-state index in [1.807, 2.05) is 35.0 Å². The standard InChI is InChI=1S/C18H22N4O3S/c1-25-14-6-4-5-13(11-14)22-10-9-20-18(22)26-12-16(23)21-15-7-2-3-8-19-17(15)24/h4-6,9-11,15H,2-3,7-8,12H2,1H3,(H,19,24)(H,21,23). The molecule has 1 fully saturated rings. The number of hydrogen-bond donors (Lipinski definition) is 2. The van der Waals surface area contributed by atoms with E-state index in [-0.39, 0.29) is 17.6 Å². The minimum absolute atomic E-state index is 0.0984. The molecule has 138 valence electrons. The third-order valence-corrected chi connectivity index (χ3v) is 5.11. The van der Waals surface area contributed by atoms with Crippen LogP contribution in [0.3, 0.4) is 0 Å². The summed E-state index contributed by atoms with van der Waals surface area (Å²) in [6.45, 7) is 0.678. The third-order valence-electron chi connectivity index (χ3n) is 4.14. The van der Waals surface area contributed by atoms with Crippen LogP contribution in [0.25, 0.3) is 5.69 Å². The number of hydrogen-bond acceptors (Lipinski definition) is 5. The number of benzene rings is 1. The van der Waals surface area contributed by atoms with E-state index in [1.54, 1.807) is 13.3 Å². The SMILES string of the molecule is COc1cccc(-n2ccnc2SCC(=O)NC2CCCCNC2=O)c1. The van der Waals surface area contributed by atoms with Crippen LogP contribution in [-0.2, 0) is 9.59 Å². The van der Waals surface area contributed by atoms with Gasteiger partial charge in [0.25, 0.3) is 0 Å². The number of rotatable bonds is 6. The van der Waals surface area contributed by atoms with Crippen LogP contribution >= 0.6 is 11.8 Å². The maximum Gasteiger partial charge on any atom is 0.242 e. The molecule has 0 radical (unpaired) electrons. The van der Waals surface area contributed by atoms with E-state index in [1.165, 1.54) is 11.8 Å². The van der Waals surface area contributed by atoms with Crippen molar-refractivity contribution in [1.82, 2.24) is 20.2 Å². The molecule has 1 saturated heterocycles. The van der Waals surface area contributed by atoms with Gasteiger partial charge in [-0.05, 0) is 31.4 Å². The summed E-state index contributed by atoms with van der Waals surface area (Å²) in [7, 11) is 1.62. The van der Waals surface area contributed by atoms with Gasteiger partial charge in [-0.2, -0.15) is 0 Å². The van der Waals surface area contributed by atoms with Gasteiger partial charge in [0.15, 0.2) is 5.16 Å². The first-order valence-corrected chi connectivity index (χ1v) is 9.53. The topological polar surface area (TPSA) is 85.2 Å². The molecule has 2 heterocycles. The molecule has 8 heteroatoms. The fourth-order valence-corrected chi connectivity index (χ4v) is 3.58. The molecule has 0 aliphatic carbocycles. The number of thioether (sulfide) groups is 1. The van der Waals surface area contributed by atoms with Crippen molar-refractivity contribution in [2.24, 2.45) is 0 Å². The molecule has 2 N–H and O–H groups in total. The number of carbonyl (C=O) groups is 2. The molecule has 2 aromatic rings. The fourth-order valence-electron chi connectivity index (χ4n) is 2.80. The lowest BCUT2D eigenvalue weighted by atomic mass is 10.1. The summed E-state index contributed by atoms with van der Waals surface area (Å²) in [5.74, 6) is 0.686. The quantitative estimate of drug-likeness (QED) is 0.753. The van der Waals surface area contributed by atoms with E-state index in [9.17, 15) is 9.59 Å². The summed E-state index contributed by atoms with van der Waals surface area (Å²) in [5, 5.41) is 6.35. The molecule has 1 aromatic heterocycles. The van der Waals surface area contributed by atoms with Gasteiger partial charge in [-0.1, -0.05) is 17.8 Å². The summed E-state index contributed by atoms with van der Waals surface area (Å²) in [6, 6.07) is 7.19. The van der Waals surface area contributed by atoms with Crippen LogP contribution < -0.4 is 15.4 Å². The molecule has 0 saturated carbocycles. The number of methoxy groups -OCH3 is 1. The van der Waals surface area contributed by atoms with Crippen molar-refractivity contribution in [1.29, 1.82) is 0 Å². The van der Waals surface area contributed by atoms with Crippen molar-refractivity contribution in [3.05, 3.63) is 36.7 Å². The van der Waals surface area contributed by atoms with Crippen molar-refractivity contribution < 1.29 is 14.3 Å². The second kappa shape index (κ2) is 8.75. The van der Waals surface area contributed by atoms with Crippen LogP contribution in [0.1, 0.15) is 19.3 Å². The van der Waals surface area contributed by atoms with Gasteiger partial charge >= 0.3 is 0 Å². The maximum atomic E-state index is 12.2. The second-order valence-corrected chi connectivity index (χ2v) is 6.92. The lowest BCUT2D eigenvalue weighted by Gasteiger charge is -2.15. The summed E-state index contributed by atoms with van der Waals surface area (Å²) in [6.07, 6.45) is 6.09. The predicted octanol–water partition coefficient (Wildman–Crippen LogP) is 1.76. The second-order valence-electron chi connectivity index (χ2n) is 5.98. The van der Waals surface area contributed by atoms with Crippen molar-refractivity contribution >= 4 is 23.6 Å². The van der Waals surface area contributed by atoms with Gasteiger partial charge in [-0.3, -0.25) is 14.2 Å². The minimum Gasteiger partial charge on any atom is -0.497 e. The molecule has 26 heavy (non-hydrogen) atoms. The van der Waals surface area contributed by atoms with E-state index >= 15 is 0 Å². The van der Waals surface area contributed by atoms with E-state index < -0.39 is 6.04 Å². The minimum atomic E-state index is -0.441. The molecular formula is C18H22N4O3S. The predicted molar refractivity (Wildman–Crippen MR) is 99.6 cm³/mol. The Kier molecular flexibility index (Phi) is 6.17. The highest BCUT2D eigenvalue weighted by Crippen LogP contribution is 2.23. The van der Waals surface area contributed by atoms with E-state index in [0.29, 0.717) is 18.1 Å². The van der Waals surface area contributed by atoms with Crippen LogP contribution in [0.15, 0.2) is 41.8 Å². The zero-order valence-corrected chi connectivity index (χ0v) is 15.4. The normalized spacial score (nSPS) is 17.3. The van der Waals surface area contributed by atoms with Crippen molar-refractivity contribution in [2.45, 2.75) is 30.5 Å². The Morgan fingerprint density at radius 1 is 1.46 bits per heavy atom. The lowest BCUT2D eigenvalue weighted by molar-refractivity contribution is -0.127. The van der Waals surface area contributed by atoms with Crippen molar-refractivity contribution in [3.63, 3.8) is 0 Å². The highest BCUT2D eigenvalue weighted by molar-refractivity contribution is 7.99. The zero-order valence-electron chi connectivity index (χ0n) is 14.6. The van der Waals surface area contributed by atoms with Gasteiger partial charge in [0.1, 0.15) is 11.8 Å². The first-order valence-electron chi connectivity index (χ1n) is 8.55. The molecule has 1 atom stereocenters. The fraction of sp³-hybridized carbons (Fsp3) is 0.389. The molecular weight excluding hydrogens is 352 g/mol. The van der Waals surface area contributed by atoms with Crippen LogP contribution in [0.4, 0.5) is 0 Å². The molecule has 0 bridgehead atoms. The smallest absolute Gasteiger partial charge is 0.242 e. The molecule has 1 aliphatic heterocycles. The third kappa shape index (κ3) is 4.57. The van der Waals surface area contributed by atoms with Gasteiger partial charge in [-0.15, -0.1) is 0 Å². The van der Waals surface area contributed by atoms with Crippen LogP contribution in [0, 0.1) is 0 Å². The molecule has 0 spiro atoms. The Morgan fingerprint density at radius 2 is 2.35 bits per heavy atom. The van der Waals surface area contributed by atoms with Crippen LogP contribution in [0.2, 0.25) is 0 Å². The Hall–Kier alpha value is -2.48. The van der Waals surface area contributed by atoms with Crippen molar-refractivity contribution in [2.75, 3.05) is 19.4 Å². The zero-order chi connectivity index (χ0) is 18.4. The molecule has 1 aromatic carbocycles. The first-order chi connectivity index (χ1) is 12.7. The maximum absolute atomic E-state index is 12.2. The molecule has 7 nitrogen and oxygen atoms in total. The highest BCUT2D eigenvalue weighted by Gasteiger charge is 2.22. The summed E-state index contributed by atoms with van der Waals surface area (Å²) < 4.78 is 7.15. The highest BCUT2D eigenvalue weighted by atomic mass is 32.2. The Morgan fingerprint density at radius 3 is 3.19 bits per heavy atom. The van der Waals surface area contributed by atoms with E-state index in [2.05, 4.69) is 15.6 Å². The average Bonchev–Trinajstić information content (AvgIpc) is 3.04. The Labute approximate surface area is 156 Å². The summed E-state index contributed by atoms with van der Waals surface area (Å²) in [5.41, 5.74) is 0.910. The number of aromatic nitrogens is 2. The molecule has 3 rings (SSSR count). The van der Waals surface area contributed by atoms with E-state index in [0.717, 1.165) is 24.3 Å². The van der Waals surface area contributed by atoms with Gasteiger partial charge < -0.3 is 15.4 Å². The van der Waals surface area contributed by atoms with Crippen LogP contribution in [0.5, 0.6) is 5.75 Å².